The number of morpholine rings is 1. The zero-order valence-electron chi connectivity index (χ0n) is 10.8. The van der Waals surface area contributed by atoms with Crippen LogP contribution in [0, 0.1) is 0 Å². The van der Waals surface area contributed by atoms with Gasteiger partial charge in [-0.2, -0.15) is 0 Å². The molecule has 5 nitrogen and oxygen atoms in total. The van der Waals surface area contributed by atoms with Crippen LogP contribution in [0.5, 0.6) is 0 Å². The fourth-order valence-electron chi connectivity index (χ4n) is 2.66. The lowest BCUT2D eigenvalue weighted by Crippen LogP contribution is -2.59. The normalized spacial score (nSPS) is 31.5. The van der Waals surface area contributed by atoms with Crippen molar-refractivity contribution in [3.8, 4) is 0 Å². The highest BCUT2D eigenvalue weighted by Gasteiger charge is 2.29. The summed E-state index contributed by atoms with van der Waals surface area (Å²) in [5, 5.41) is 3.35. The molecule has 0 spiro atoms. The maximum Gasteiger partial charge on any atom is 0.237 e. The van der Waals surface area contributed by atoms with Gasteiger partial charge < -0.3 is 15.0 Å². The average Bonchev–Trinajstić information content (AvgIpc) is 2.30. The van der Waals surface area contributed by atoms with E-state index in [0.717, 1.165) is 39.4 Å². The first-order valence-corrected chi connectivity index (χ1v) is 6.50. The van der Waals surface area contributed by atoms with Gasteiger partial charge in [-0.25, -0.2) is 0 Å². The molecular formula is C12H23N3O2. The van der Waals surface area contributed by atoms with Crippen LogP contribution < -0.4 is 5.32 Å². The minimum Gasteiger partial charge on any atom is -0.379 e. The Hall–Kier alpha value is -0.650. The van der Waals surface area contributed by atoms with Crippen molar-refractivity contribution in [3.05, 3.63) is 0 Å². The lowest BCUT2D eigenvalue weighted by Gasteiger charge is -2.40. The van der Waals surface area contributed by atoms with Crippen molar-refractivity contribution in [3.63, 3.8) is 0 Å². The van der Waals surface area contributed by atoms with Gasteiger partial charge >= 0.3 is 0 Å². The van der Waals surface area contributed by atoms with Gasteiger partial charge in [0.05, 0.1) is 19.8 Å². The summed E-state index contributed by atoms with van der Waals surface area (Å²) in [5.74, 6) is 0.258. The van der Waals surface area contributed by atoms with E-state index in [0.29, 0.717) is 18.6 Å². The van der Waals surface area contributed by atoms with Gasteiger partial charge in [-0.05, 0) is 13.8 Å². The number of nitrogens with one attached hydrogen (secondary N) is 1. The SMILES string of the molecule is C[C@@H]1CNC[C@H](C)N1C(=O)CN1CCOCC1. The quantitative estimate of drug-likeness (QED) is 0.710. The van der Waals surface area contributed by atoms with Crippen molar-refractivity contribution in [2.75, 3.05) is 45.9 Å². The number of piperazine rings is 1. The molecule has 0 unspecified atom stereocenters. The lowest BCUT2D eigenvalue weighted by atomic mass is 10.1. The third kappa shape index (κ3) is 3.18. The fourth-order valence-corrected chi connectivity index (χ4v) is 2.66. The predicted molar refractivity (Wildman–Crippen MR) is 65.9 cm³/mol. The van der Waals surface area contributed by atoms with E-state index < -0.39 is 0 Å². The minimum absolute atomic E-state index is 0.258. The molecule has 2 fully saturated rings. The third-order valence-corrected chi connectivity index (χ3v) is 3.58. The van der Waals surface area contributed by atoms with Gasteiger partial charge in [-0.3, -0.25) is 9.69 Å². The number of hydrogen-bond donors (Lipinski definition) is 1. The number of ether oxygens (including phenoxy) is 1. The Bertz CT molecular complexity index is 256. The first-order chi connectivity index (χ1) is 8.18. The van der Waals surface area contributed by atoms with Gasteiger partial charge in [0.1, 0.15) is 0 Å². The summed E-state index contributed by atoms with van der Waals surface area (Å²) in [6.45, 7) is 9.82. The maximum atomic E-state index is 12.3. The third-order valence-electron chi connectivity index (χ3n) is 3.58. The van der Waals surface area contributed by atoms with Gasteiger partial charge in [0, 0.05) is 38.3 Å². The highest BCUT2D eigenvalue weighted by Crippen LogP contribution is 2.11. The average molecular weight is 241 g/mol. The first kappa shape index (κ1) is 12.8. The summed E-state index contributed by atoms with van der Waals surface area (Å²) in [6.07, 6.45) is 0. The van der Waals surface area contributed by atoms with Crippen molar-refractivity contribution in [2.45, 2.75) is 25.9 Å². The Morgan fingerprint density at radius 3 is 2.41 bits per heavy atom. The lowest BCUT2D eigenvalue weighted by molar-refractivity contribution is -0.138. The monoisotopic (exact) mass is 241 g/mol. The number of rotatable bonds is 2. The molecule has 0 aromatic rings. The van der Waals surface area contributed by atoms with Gasteiger partial charge in [-0.15, -0.1) is 0 Å². The number of hydrogen-bond acceptors (Lipinski definition) is 4. The molecule has 98 valence electrons. The summed E-state index contributed by atoms with van der Waals surface area (Å²) in [7, 11) is 0. The van der Waals surface area contributed by atoms with Gasteiger partial charge in [0.2, 0.25) is 5.91 Å². The molecule has 0 radical (unpaired) electrons. The second kappa shape index (κ2) is 5.80. The molecule has 5 heteroatoms. The summed E-state index contributed by atoms with van der Waals surface area (Å²) >= 11 is 0. The Balaban J connectivity index is 1.88. The smallest absolute Gasteiger partial charge is 0.237 e. The molecule has 2 aliphatic heterocycles. The van der Waals surface area contributed by atoms with Crippen molar-refractivity contribution in [1.29, 1.82) is 0 Å². The number of carbonyl (C=O) groups excluding carboxylic acids is 1. The Kier molecular flexibility index (Phi) is 4.36. The standard InChI is InChI=1S/C12H23N3O2/c1-10-7-13-8-11(2)15(10)12(16)9-14-3-5-17-6-4-14/h10-11,13H,3-9H2,1-2H3/t10-,11+. The zero-order chi connectivity index (χ0) is 12.3. The van der Waals surface area contributed by atoms with Crippen LogP contribution in [-0.2, 0) is 9.53 Å². The summed E-state index contributed by atoms with van der Waals surface area (Å²) in [4.78, 5) is 16.5. The van der Waals surface area contributed by atoms with Crippen LogP contribution in [0.3, 0.4) is 0 Å². The van der Waals surface area contributed by atoms with Crippen molar-refractivity contribution >= 4 is 5.91 Å². The summed E-state index contributed by atoms with van der Waals surface area (Å²) in [6, 6.07) is 0.597. The van der Waals surface area contributed by atoms with Gasteiger partial charge in [0.15, 0.2) is 0 Å². The molecule has 0 aromatic carbocycles. The Morgan fingerprint density at radius 2 is 1.82 bits per heavy atom. The van der Waals surface area contributed by atoms with E-state index in [4.69, 9.17) is 4.74 Å². The first-order valence-electron chi connectivity index (χ1n) is 6.50. The predicted octanol–water partition coefficient (Wildman–Crippen LogP) is -0.473. The number of amides is 1. The van der Waals surface area contributed by atoms with Crippen LogP contribution in [0.2, 0.25) is 0 Å². The highest BCUT2D eigenvalue weighted by molar-refractivity contribution is 5.79. The van der Waals surface area contributed by atoms with E-state index in [2.05, 4.69) is 24.1 Å². The van der Waals surface area contributed by atoms with Crippen molar-refractivity contribution < 1.29 is 9.53 Å². The summed E-state index contributed by atoms with van der Waals surface area (Å²) in [5.41, 5.74) is 0. The second-order valence-corrected chi connectivity index (χ2v) is 5.05. The number of nitrogens with zero attached hydrogens (tertiary/aromatic N) is 2. The van der Waals surface area contributed by atoms with E-state index in [-0.39, 0.29) is 5.91 Å². The molecule has 2 heterocycles. The van der Waals surface area contributed by atoms with Crippen molar-refractivity contribution in [1.82, 2.24) is 15.1 Å². The molecule has 0 aromatic heterocycles. The van der Waals surface area contributed by atoms with Crippen LogP contribution in [-0.4, -0.2) is 73.7 Å². The van der Waals surface area contributed by atoms with Crippen LogP contribution in [0.25, 0.3) is 0 Å². The Labute approximate surface area is 103 Å². The van der Waals surface area contributed by atoms with Crippen LogP contribution >= 0.6 is 0 Å². The van der Waals surface area contributed by atoms with Crippen LogP contribution in [0.15, 0.2) is 0 Å². The highest BCUT2D eigenvalue weighted by atomic mass is 16.5. The molecule has 17 heavy (non-hydrogen) atoms. The van der Waals surface area contributed by atoms with Crippen LogP contribution in [0.1, 0.15) is 13.8 Å². The molecule has 0 aliphatic carbocycles. The number of carbonyl (C=O) groups is 1. The van der Waals surface area contributed by atoms with Gasteiger partial charge in [-0.1, -0.05) is 0 Å². The molecular weight excluding hydrogens is 218 g/mol. The van der Waals surface area contributed by atoms with E-state index in [1.807, 2.05) is 4.90 Å². The molecule has 2 aliphatic rings. The fraction of sp³-hybridized carbons (Fsp3) is 0.917. The van der Waals surface area contributed by atoms with Crippen LogP contribution in [0.4, 0.5) is 0 Å². The van der Waals surface area contributed by atoms with E-state index in [1.165, 1.54) is 0 Å². The molecule has 0 saturated carbocycles. The topological polar surface area (TPSA) is 44.8 Å². The minimum atomic E-state index is 0.258. The largest absolute Gasteiger partial charge is 0.379 e. The van der Waals surface area contributed by atoms with Crippen molar-refractivity contribution in [2.24, 2.45) is 0 Å². The van der Waals surface area contributed by atoms with E-state index in [9.17, 15) is 4.79 Å². The Morgan fingerprint density at radius 1 is 1.24 bits per heavy atom. The summed E-state index contributed by atoms with van der Waals surface area (Å²) < 4.78 is 5.29. The molecule has 2 atom stereocenters. The zero-order valence-corrected chi connectivity index (χ0v) is 10.8. The molecule has 1 N–H and O–H groups in total. The molecule has 2 rings (SSSR count). The second-order valence-electron chi connectivity index (χ2n) is 5.05. The van der Waals surface area contributed by atoms with E-state index in [1.54, 1.807) is 0 Å². The molecule has 1 amide bonds. The molecule has 0 bridgehead atoms. The van der Waals surface area contributed by atoms with E-state index >= 15 is 0 Å². The van der Waals surface area contributed by atoms with Gasteiger partial charge in [0.25, 0.3) is 0 Å². The maximum absolute atomic E-state index is 12.3. The molecule has 2 saturated heterocycles.